The number of nitrogens with one attached hydrogen (secondary N) is 2. The Hall–Kier alpha value is -1.55. The predicted molar refractivity (Wildman–Crippen MR) is 79.8 cm³/mol. The average molecular weight is 276 g/mol. The molecule has 1 saturated carbocycles. The van der Waals surface area contributed by atoms with Crippen LogP contribution in [0.5, 0.6) is 5.75 Å². The lowest BCUT2D eigenvalue weighted by atomic mass is 10.0. The summed E-state index contributed by atoms with van der Waals surface area (Å²) in [6.45, 7) is 3.37. The molecule has 1 aliphatic carbocycles. The smallest absolute Gasteiger partial charge is 0.234 e. The van der Waals surface area contributed by atoms with E-state index in [-0.39, 0.29) is 11.9 Å². The second kappa shape index (κ2) is 7.29. The number of methoxy groups -OCH3 is 1. The average Bonchev–Trinajstić information content (AvgIpc) is 3.30. The minimum Gasteiger partial charge on any atom is -0.497 e. The molecule has 1 aromatic rings. The van der Waals surface area contributed by atoms with Crippen LogP contribution in [0.25, 0.3) is 0 Å². The summed E-state index contributed by atoms with van der Waals surface area (Å²) in [5.41, 5.74) is 1.16. The molecule has 0 aliphatic heterocycles. The standard InChI is InChI=1S/C16H24N2O2/c1-3-10-17-11-15(19)18-16(12-4-5-12)13-6-8-14(20-2)9-7-13/h6-9,12,16-17H,3-5,10-11H2,1-2H3,(H,18,19). The number of ether oxygens (including phenoxy) is 1. The Morgan fingerprint density at radius 2 is 2.05 bits per heavy atom. The van der Waals surface area contributed by atoms with Crippen LogP contribution in [-0.2, 0) is 4.79 Å². The van der Waals surface area contributed by atoms with Crippen molar-refractivity contribution in [3.05, 3.63) is 29.8 Å². The molecule has 1 aromatic carbocycles. The second-order valence-electron chi connectivity index (χ2n) is 5.33. The van der Waals surface area contributed by atoms with E-state index in [1.807, 2.05) is 24.3 Å². The first kappa shape index (κ1) is 14.9. The maximum atomic E-state index is 12.0. The molecule has 0 spiro atoms. The van der Waals surface area contributed by atoms with Gasteiger partial charge in [0.15, 0.2) is 0 Å². The number of amides is 1. The molecule has 0 aromatic heterocycles. The largest absolute Gasteiger partial charge is 0.497 e. The van der Waals surface area contributed by atoms with Crippen molar-refractivity contribution in [2.45, 2.75) is 32.2 Å². The lowest BCUT2D eigenvalue weighted by molar-refractivity contribution is -0.121. The Morgan fingerprint density at radius 1 is 1.35 bits per heavy atom. The van der Waals surface area contributed by atoms with Gasteiger partial charge in [-0.2, -0.15) is 0 Å². The van der Waals surface area contributed by atoms with Gasteiger partial charge in [0.25, 0.3) is 0 Å². The second-order valence-corrected chi connectivity index (χ2v) is 5.33. The Morgan fingerprint density at radius 3 is 2.60 bits per heavy atom. The van der Waals surface area contributed by atoms with Crippen molar-refractivity contribution in [3.63, 3.8) is 0 Å². The molecule has 4 nitrogen and oxygen atoms in total. The van der Waals surface area contributed by atoms with E-state index in [0.717, 1.165) is 24.3 Å². The van der Waals surface area contributed by atoms with E-state index in [4.69, 9.17) is 4.74 Å². The number of hydrogen-bond donors (Lipinski definition) is 2. The van der Waals surface area contributed by atoms with E-state index in [9.17, 15) is 4.79 Å². The van der Waals surface area contributed by atoms with Crippen LogP contribution in [0.2, 0.25) is 0 Å². The van der Waals surface area contributed by atoms with E-state index in [2.05, 4.69) is 17.6 Å². The number of carbonyl (C=O) groups is 1. The number of carbonyl (C=O) groups excluding carboxylic acids is 1. The van der Waals surface area contributed by atoms with Gasteiger partial charge in [-0.15, -0.1) is 0 Å². The molecule has 0 heterocycles. The predicted octanol–water partition coefficient (Wildman–Crippen LogP) is 2.26. The summed E-state index contributed by atoms with van der Waals surface area (Å²) in [6, 6.07) is 8.12. The Bertz CT molecular complexity index is 427. The Kier molecular flexibility index (Phi) is 5.41. The summed E-state index contributed by atoms with van der Waals surface area (Å²) in [4.78, 5) is 12.0. The summed E-state index contributed by atoms with van der Waals surface area (Å²) in [5, 5.41) is 6.29. The highest BCUT2D eigenvalue weighted by molar-refractivity contribution is 5.78. The summed E-state index contributed by atoms with van der Waals surface area (Å²) in [5.74, 6) is 1.50. The monoisotopic (exact) mass is 276 g/mol. The van der Waals surface area contributed by atoms with Gasteiger partial charge < -0.3 is 15.4 Å². The van der Waals surface area contributed by atoms with Crippen LogP contribution in [0.15, 0.2) is 24.3 Å². The summed E-state index contributed by atoms with van der Waals surface area (Å²) in [6.07, 6.45) is 3.43. The number of rotatable bonds is 8. The first-order valence-corrected chi connectivity index (χ1v) is 7.38. The van der Waals surface area contributed by atoms with Gasteiger partial charge in [-0.3, -0.25) is 4.79 Å². The van der Waals surface area contributed by atoms with Crippen molar-refractivity contribution in [2.24, 2.45) is 5.92 Å². The van der Waals surface area contributed by atoms with Gasteiger partial charge in [0, 0.05) is 0 Å². The number of hydrogen-bond acceptors (Lipinski definition) is 3. The molecular weight excluding hydrogens is 252 g/mol. The minimum absolute atomic E-state index is 0.0752. The topological polar surface area (TPSA) is 50.4 Å². The van der Waals surface area contributed by atoms with Gasteiger partial charge in [-0.1, -0.05) is 19.1 Å². The minimum atomic E-state index is 0.0752. The maximum absolute atomic E-state index is 12.0. The van der Waals surface area contributed by atoms with Crippen LogP contribution in [0.4, 0.5) is 0 Å². The molecule has 1 atom stereocenters. The van der Waals surface area contributed by atoms with Gasteiger partial charge in [-0.05, 0) is 49.4 Å². The summed E-state index contributed by atoms with van der Waals surface area (Å²) >= 11 is 0. The summed E-state index contributed by atoms with van der Waals surface area (Å²) in [7, 11) is 1.66. The van der Waals surface area contributed by atoms with Gasteiger partial charge in [-0.25, -0.2) is 0 Å². The van der Waals surface area contributed by atoms with E-state index < -0.39 is 0 Å². The highest BCUT2D eigenvalue weighted by atomic mass is 16.5. The van der Waals surface area contributed by atoms with Crippen molar-refractivity contribution in [1.82, 2.24) is 10.6 Å². The van der Waals surface area contributed by atoms with Crippen LogP contribution in [0.3, 0.4) is 0 Å². The van der Waals surface area contributed by atoms with Crippen LogP contribution >= 0.6 is 0 Å². The fourth-order valence-electron chi connectivity index (χ4n) is 2.32. The van der Waals surface area contributed by atoms with E-state index in [0.29, 0.717) is 12.5 Å². The SMILES string of the molecule is CCCNCC(=O)NC(c1ccc(OC)cc1)C1CC1. The van der Waals surface area contributed by atoms with Gasteiger partial charge in [0.2, 0.25) is 5.91 Å². The molecule has 0 saturated heterocycles. The van der Waals surface area contributed by atoms with Gasteiger partial charge in [0.05, 0.1) is 19.7 Å². The lowest BCUT2D eigenvalue weighted by Gasteiger charge is -2.19. The fourth-order valence-corrected chi connectivity index (χ4v) is 2.32. The van der Waals surface area contributed by atoms with Crippen molar-refractivity contribution in [1.29, 1.82) is 0 Å². The first-order valence-electron chi connectivity index (χ1n) is 7.38. The molecule has 1 amide bonds. The van der Waals surface area contributed by atoms with Crippen molar-refractivity contribution in [2.75, 3.05) is 20.2 Å². The first-order chi connectivity index (χ1) is 9.74. The van der Waals surface area contributed by atoms with E-state index in [1.165, 1.54) is 12.8 Å². The molecule has 0 bridgehead atoms. The molecule has 2 N–H and O–H groups in total. The van der Waals surface area contributed by atoms with Crippen molar-refractivity contribution >= 4 is 5.91 Å². The Labute approximate surface area is 120 Å². The third-order valence-corrected chi connectivity index (χ3v) is 3.60. The third kappa shape index (κ3) is 4.23. The fraction of sp³-hybridized carbons (Fsp3) is 0.562. The quantitative estimate of drug-likeness (QED) is 0.716. The van der Waals surface area contributed by atoms with Gasteiger partial charge in [0.1, 0.15) is 5.75 Å². The molecule has 1 unspecified atom stereocenters. The number of benzene rings is 1. The highest BCUT2D eigenvalue weighted by Gasteiger charge is 2.33. The normalized spacial score (nSPS) is 15.7. The third-order valence-electron chi connectivity index (χ3n) is 3.60. The zero-order valence-electron chi connectivity index (χ0n) is 12.3. The molecule has 0 radical (unpaired) electrons. The highest BCUT2D eigenvalue weighted by Crippen LogP contribution is 2.41. The van der Waals surface area contributed by atoms with Crippen LogP contribution in [0, 0.1) is 5.92 Å². The zero-order valence-corrected chi connectivity index (χ0v) is 12.3. The molecule has 20 heavy (non-hydrogen) atoms. The van der Waals surface area contributed by atoms with Crippen LogP contribution in [-0.4, -0.2) is 26.1 Å². The molecule has 1 aliphatic rings. The molecular formula is C16H24N2O2. The van der Waals surface area contributed by atoms with E-state index >= 15 is 0 Å². The summed E-state index contributed by atoms with van der Waals surface area (Å²) < 4.78 is 5.17. The van der Waals surface area contributed by atoms with Gasteiger partial charge >= 0.3 is 0 Å². The molecule has 2 rings (SSSR count). The van der Waals surface area contributed by atoms with E-state index in [1.54, 1.807) is 7.11 Å². The lowest BCUT2D eigenvalue weighted by Crippen LogP contribution is -2.37. The molecule has 110 valence electrons. The maximum Gasteiger partial charge on any atom is 0.234 e. The molecule has 4 heteroatoms. The van der Waals surface area contributed by atoms with Crippen molar-refractivity contribution in [3.8, 4) is 5.75 Å². The van der Waals surface area contributed by atoms with Crippen LogP contribution < -0.4 is 15.4 Å². The molecule has 1 fully saturated rings. The van der Waals surface area contributed by atoms with Crippen molar-refractivity contribution < 1.29 is 9.53 Å². The Balaban J connectivity index is 1.94. The zero-order chi connectivity index (χ0) is 14.4. The van der Waals surface area contributed by atoms with Crippen LogP contribution in [0.1, 0.15) is 37.8 Å².